The van der Waals surface area contributed by atoms with Gasteiger partial charge in [-0.2, -0.15) is 0 Å². The first-order valence-corrected chi connectivity index (χ1v) is 6.85. The smallest absolute Gasteiger partial charge is 0.00949 e. The van der Waals surface area contributed by atoms with Crippen molar-refractivity contribution in [2.24, 2.45) is 17.3 Å². The molecule has 0 spiro atoms. The fourth-order valence-corrected chi connectivity index (χ4v) is 2.32. The van der Waals surface area contributed by atoms with Gasteiger partial charge in [0.2, 0.25) is 0 Å². The summed E-state index contributed by atoms with van der Waals surface area (Å²) in [6, 6.07) is 0. The van der Waals surface area contributed by atoms with Gasteiger partial charge >= 0.3 is 0 Å². The number of rotatable bonds is 3. The minimum atomic E-state index is 0.417. The largest absolute Gasteiger partial charge is 0.302 e. The standard InChI is InChI=1S/C12H24BrN/c1-10-5-6-14(7-11(10)2)9-12(3,4)8-13/h10-11H,5-9H2,1-4H3. The molecule has 84 valence electrons. The van der Waals surface area contributed by atoms with Crippen molar-refractivity contribution in [2.45, 2.75) is 34.1 Å². The highest BCUT2D eigenvalue weighted by atomic mass is 79.9. The monoisotopic (exact) mass is 261 g/mol. The maximum atomic E-state index is 3.60. The van der Waals surface area contributed by atoms with Gasteiger partial charge in [0, 0.05) is 18.4 Å². The van der Waals surface area contributed by atoms with Crippen molar-refractivity contribution in [2.75, 3.05) is 25.0 Å². The van der Waals surface area contributed by atoms with Gasteiger partial charge in [0.1, 0.15) is 0 Å². The van der Waals surface area contributed by atoms with E-state index in [4.69, 9.17) is 0 Å². The Morgan fingerprint density at radius 1 is 1.29 bits per heavy atom. The topological polar surface area (TPSA) is 3.24 Å². The SMILES string of the molecule is CC1CCN(CC(C)(C)CBr)CC1C. The zero-order chi connectivity index (χ0) is 10.8. The molecule has 0 aromatic heterocycles. The van der Waals surface area contributed by atoms with Crippen LogP contribution in [-0.2, 0) is 0 Å². The lowest BCUT2D eigenvalue weighted by Crippen LogP contribution is -2.43. The van der Waals surface area contributed by atoms with Crippen LogP contribution < -0.4 is 0 Å². The normalized spacial score (nSPS) is 30.6. The molecular formula is C12H24BrN. The van der Waals surface area contributed by atoms with E-state index >= 15 is 0 Å². The van der Waals surface area contributed by atoms with Gasteiger partial charge in [-0.05, 0) is 30.2 Å². The lowest BCUT2D eigenvalue weighted by Gasteiger charge is -2.39. The molecule has 0 aliphatic carbocycles. The van der Waals surface area contributed by atoms with Crippen molar-refractivity contribution in [3.05, 3.63) is 0 Å². The Hall–Kier alpha value is 0.440. The molecule has 0 saturated carbocycles. The Morgan fingerprint density at radius 3 is 2.43 bits per heavy atom. The maximum Gasteiger partial charge on any atom is 0.00949 e. The number of alkyl halides is 1. The van der Waals surface area contributed by atoms with E-state index in [1.54, 1.807) is 0 Å². The molecule has 1 saturated heterocycles. The van der Waals surface area contributed by atoms with Crippen LogP contribution in [0.2, 0.25) is 0 Å². The van der Waals surface area contributed by atoms with Gasteiger partial charge in [-0.25, -0.2) is 0 Å². The molecule has 2 atom stereocenters. The predicted molar refractivity (Wildman–Crippen MR) is 67.0 cm³/mol. The molecule has 0 amide bonds. The van der Waals surface area contributed by atoms with E-state index in [1.165, 1.54) is 26.1 Å². The van der Waals surface area contributed by atoms with Crippen molar-refractivity contribution in [1.82, 2.24) is 4.90 Å². The first-order valence-electron chi connectivity index (χ1n) is 5.73. The molecule has 0 bridgehead atoms. The van der Waals surface area contributed by atoms with Gasteiger partial charge in [0.15, 0.2) is 0 Å². The molecule has 0 aromatic rings. The van der Waals surface area contributed by atoms with Gasteiger partial charge in [-0.15, -0.1) is 0 Å². The molecule has 1 heterocycles. The Balaban J connectivity index is 2.40. The quantitative estimate of drug-likeness (QED) is 0.705. The van der Waals surface area contributed by atoms with E-state index in [0.717, 1.165) is 17.2 Å². The van der Waals surface area contributed by atoms with Crippen LogP contribution in [0.15, 0.2) is 0 Å². The Kier molecular flexibility index (Phi) is 4.45. The van der Waals surface area contributed by atoms with Crippen LogP contribution in [0.5, 0.6) is 0 Å². The molecule has 1 fully saturated rings. The van der Waals surface area contributed by atoms with Gasteiger partial charge in [0.25, 0.3) is 0 Å². The average molecular weight is 262 g/mol. The third-order valence-corrected chi connectivity index (χ3v) is 4.95. The van der Waals surface area contributed by atoms with E-state index in [0.29, 0.717) is 5.41 Å². The summed E-state index contributed by atoms with van der Waals surface area (Å²) >= 11 is 3.60. The summed E-state index contributed by atoms with van der Waals surface area (Å²) in [7, 11) is 0. The third kappa shape index (κ3) is 3.54. The summed E-state index contributed by atoms with van der Waals surface area (Å²) < 4.78 is 0. The number of nitrogens with zero attached hydrogens (tertiary/aromatic N) is 1. The van der Waals surface area contributed by atoms with Gasteiger partial charge < -0.3 is 4.90 Å². The lowest BCUT2D eigenvalue weighted by molar-refractivity contribution is 0.105. The Bertz CT molecular complexity index is 179. The molecule has 1 aliphatic rings. The number of hydrogen-bond donors (Lipinski definition) is 0. The summed E-state index contributed by atoms with van der Waals surface area (Å²) in [6.07, 6.45) is 1.37. The molecule has 14 heavy (non-hydrogen) atoms. The number of hydrogen-bond acceptors (Lipinski definition) is 1. The van der Waals surface area contributed by atoms with Crippen molar-refractivity contribution in [1.29, 1.82) is 0 Å². The first kappa shape index (κ1) is 12.5. The minimum Gasteiger partial charge on any atom is -0.302 e. The third-order valence-electron chi connectivity index (χ3n) is 3.43. The molecule has 1 rings (SSSR count). The molecule has 0 N–H and O–H groups in total. The maximum absolute atomic E-state index is 3.60. The molecular weight excluding hydrogens is 238 g/mol. The van der Waals surface area contributed by atoms with Crippen LogP contribution in [0.25, 0.3) is 0 Å². The summed E-state index contributed by atoms with van der Waals surface area (Å²) in [5.41, 5.74) is 0.417. The fraction of sp³-hybridized carbons (Fsp3) is 1.00. The Morgan fingerprint density at radius 2 is 1.93 bits per heavy atom. The fourth-order valence-electron chi connectivity index (χ4n) is 2.14. The first-order chi connectivity index (χ1) is 6.44. The number of halogens is 1. The zero-order valence-electron chi connectivity index (χ0n) is 10.0. The van der Waals surface area contributed by atoms with E-state index in [-0.39, 0.29) is 0 Å². The second kappa shape index (κ2) is 4.98. The van der Waals surface area contributed by atoms with Crippen LogP contribution in [-0.4, -0.2) is 29.9 Å². The average Bonchev–Trinajstić information content (AvgIpc) is 2.11. The second-order valence-corrected chi connectivity index (χ2v) is 6.34. The lowest BCUT2D eigenvalue weighted by atomic mass is 9.87. The minimum absolute atomic E-state index is 0.417. The summed E-state index contributed by atoms with van der Waals surface area (Å²) in [5.74, 6) is 1.79. The summed E-state index contributed by atoms with van der Waals surface area (Å²) in [4.78, 5) is 2.63. The van der Waals surface area contributed by atoms with Crippen molar-refractivity contribution < 1.29 is 0 Å². The number of likely N-dealkylation sites (tertiary alicyclic amines) is 1. The highest BCUT2D eigenvalue weighted by molar-refractivity contribution is 9.09. The number of piperidine rings is 1. The zero-order valence-corrected chi connectivity index (χ0v) is 11.6. The van der Waals surface area contributed by atoms with Crippen LogP contribution in [0.3, 0.4) is 0 Å². The Labute approximate surface area is 97.4 Å². The van der Waals surface area contributed by atoms with Crippen molar-refractivity contribution in [3.8, 4) is 0 Å². The van der Waals surface area contributed by atoms with E-state index in [2.05, 4.69) is 48.5 Å². The van der Waals surface area contributed by atoms with Crippen LogP contribution >= 0.6 is 15.9 Å². The van der Waals surface area contributed by atoms with Crippen molar-refractivity contribution in [3.63, 3.8) is 0 Å². The highest BCUT2D eigenvalue weighted by Crippen LogP contribution is 2.26. The molecule has 1 aliphatic heterocycles. The molecule has 2 unspecified atom stereocenters. The van der Waals surface area contributed by atoms with E-state index in [1.807, 2.05) is 0 Å². The van der Waals surface area contributed by atoms with Crippen LogP contribution in [0.1, 0.15) is 34.1 Å². The second-order valence-electron chi connectivity index (χ2n) is 5.78. The predicted octanol–water partition coefficient (Wildman–Crippen LogP) is 3.39. The molecule has 1 nitrogen and oxygen atoms in total. The van der Waals surface area contributed by atoms with Crippen LogP contribution in [0, 0.1) is 17.3 Å². The summed E-state index contributed by atoms with van der Waals surface area (Å²) in [6.45, 7) is 13.3. The van der Waals surface area contributed by atoms with Gasteiger partial charge in [-0.1, -0.05) is 43.6 Å². The van der Waals surface area contributed by atoms with Gasteiger partial charge in [-0.3, -0.25) is 0 Å². The highest BCUT2D eigenvalue weighted by Gasteiger charge is 2.26. The molecule has 2 heteroatoms. The summed E-state index contributed by atoms with van der Waals surface area (Å²) in [5, 5.41) is 1.10. The molecule has 0 radical (unpaired) electrons. The van der Waals surface area contributed by atoms with Crippen molar-refractivity contribution >= 4 is 15.9 Å². The van der Waals surface area contributed by atoms with E-state index < -0.39 is 0 Å². The van der Waals surface area contributed by atoms with Gasteiger partial charge in [0.05, 0.1) is 0 Å². The van der Waals surface area contributed by atoms with Crippen LogP contribution in [0.4, 0.5) is 0 Å². The van der Waals surface area contributed by atoms with E-state index in [9.17, 15) is 0 Å². The molecule has 0 aromatic carbocycles.